The van der Waals surface area contributed by atoms with Crippen LogP contribution in [0, 0.1) is 6.92 Å². The molecule has 0 atom stereocenters. The zero-order valence-corrected chi connectivity index (χ0v) is 12.6. The smallest absolute Gasteiger partial charge is 0.187 e. The summed E-state index contributed by atoms with van der Waals surface area (Å²) in [5, 5.41) is 12.9. The molecule has 0 amide bonds. The fourth-order valence-electron chi connectivity index (χ4n) is 2.08. The van der Waals surface area contributed by atoms with E-state index in [4.69, 9.17) is 28.9 Å². The molecule has 1 aromatic heterocycles. The van der Waals surface area contributed by atoms with E-state index in [1.165, 1.54) is 0 Å². The molecule has 0 spiro atoms. The Morgan fingerprint density at radius 1 is 1.10 bits per heavy atom. The van der Waals surface area contributed by atoms with E-state index in [0.717, 1.165) is 16.8 Å². The molecule has 3 rings (SSSR count). The first-order valence-corrected chi connectivity index (χ1v) is 6.93. The molecule has 0 unspecified atom stereocenters. The van der Waals surface area contributed by atoms with Crippen LogP contribution in [0.25, 0.3) is 17.1 Å². The molecule has 0 fully saturated rings. The second kappa shape index (κ2) is 5.35. The maximum Gasteiger partial charge on any atom is 0.187 e. The summed E-state index contributed by atoms with van der Waals surface area (Å²) in [5.41, 5.74) is 8.71. The third-order valence-corrected chi connectivity index (χ3v) is 3.76. The van der Waals surface area contributed by atoms with Gasteiger partial charge in [-0.15, -0.1) is 5.10 Å². The van der Waals surface area contributed by atoms with Gasteiger partial charge in [0.25, 0.3) is 0 Å². The SMILES string of the molecule is Cc1cccc(Cl)c1-n1nnnc1-c1ccc(N)c(Cl)c1. The topological polar surface area (TPSA) is 69.6 Å². The van der Waals surface area contributed by atoms with Gasteiger partial charge in [-0.25, -0.2) is 0 Å². The summed E-state index contributed by atoms with van der Waals surface area (Å²) in [6.07, 6.45) is 0. The van der Waals surface area contributed by atoms with Crippen molar-refractivity contribution in [1.29, 1.82) is 0 Å². The highest BCUT2D eigenvalue weighted by Gasteiger charge is 2.15. The normalized spacial score (nSPS) is 10.8. The minimum atomic E-state index is 0.456. The van der Waals surface area contributed by atoms with Crippen LogP contribution in [-0.4, -0.2) is 20.2 Å². The fourth-order valence-corrected chi connectivity index (χ4v) is 2.56. The maximum absolute atomic E-state index is 6.27. The molecule has 2 N–H and O–H groups in total. The Hall–Kier alpha value is -2.11. The van der Waals surface area contributed by atoms with Crippen molar-refractivity contribution in [1.82, 2.24) is 20.2 Å². The van der Waals surface area contributed by atoms with Gasteiger partial charge in [0.2, 0.25) is 0 Å². The molecule has 21 heavy (non-hydrogen) atoms. The second-order valence-electron chi connectivity index (χ2n) is 4.56. The van der Waals surface area contributed by atoms with Crippen molar-refractivity contribution in [2.45, 2.75) is 6.92 Å². The molecular formula is C14H11Cl2N5. The van der Waals surface area contributed by atoms with Crippen molar-refractivity contribution in [3.8, 4) is 17.1 Å². The van der Waals surface area contributed by atoms with Gasteiger partial charge in [0.1, 0.15) is 0 Å². The summed E-state index contributed by atoms with van der Waals surface area (Å²) >= 11 is 12.3. The van der Waals surface area contributed by atoms with Crippen molar-refractivity contribution in [2.75, 3.05) is 5.73 Å². The van der Waals surface area contributed by atoms with Crippen LogP contribution >= 0.6 is 23.2 Å². The lowest BCUT2D eigenvalue weighted by Gasteiger charge is -2.10. The van der Waals surface area contributed by atoms with E-state index in [1.807, 2.05) is 25.1 Å². The van der Waals surface area contributed by atoms with Gasteiger partial charge < -0.3 is 5.73 Å². The van der Waals surface area contributed by atoms with Crippen LogP contribution < -0.4 is 5.73 Å². The Balaban J connectivity index is 2.20. The zero-order chi connectivity index (χ0) is 15.0. The molecule has 0 radical (unpaired) electrons. The van der Waals surface area contributed by atoms with Gasteiger partial charge in [-0.2, -0.15) is 4.68 Å². The summed E-state index contributed by atoms with van der Waals surface area (Å²) in [5.74, 6) is 0.549. The van der Waals surface area contributed by atoms with Crippen molar-refractivity contribution in [2.24, 2.45) is 0 Å². The number of tetrazole rings is 1. The quantitative estimate of drug-likeness (QED) is 0.733. The van der Waals surface area contributed by atoms with Gasteiger partial charge in [-0.3, -0.25) is 0 Å². The lowest BCUT2D eigenvalue weighted by atomic mass is 10.1. The van der Waals surface area contributed by atoms with E-state index in [1.54, 1.807) is 22.9 Å². The molecule has 0 aliphatic carbocycles. The number of aryl methyl sites for hydroxylation is 1. The van der Waals surface area contributed by atoms with E-state index >= 15 is 0 Å². The van der Waals surface area contributed by atoms with Crippen LogP contribution in [0.1, 0.15) is 5.56 Å². The minimum absolute atomic E-state index is 0.456. The predicted molar refractivity (Wildman–Crippen MR) is 83.8 cm³/mol. The molecule has 7 heteroatoms. The number of hydrogen-bond donors (Lipinski definition) is 1. The molecular weight excluding hydrogens is 309 g/mol. The van der Waals surface area contributed by atoms with Crippen LogP contribution in [0.3, 0.4) is 0 Å². The molecule has 0 saturated heterocycles. The van der Waals surface area contributed by atoms with Crippen molar-refractivity contribution >= 4 is 28.9 Å². The summed E-state index contributed by atoms with van der Waals surface area (Å²) in [7, 11) is 0. The highest BCUT2D eigenvalue weighted by atomic mass is 35.5. The van der Waals surface area contributed by atoms with Crippen LogP contribution in [0.5, 0.6) is 0 Å². The summed E-state index contributed by atoms with van der Waals surface area (Å²) in [6.45, 7) is 1.95. The predicted octanol–water partition coefficient (Wildman–Crippen LogP) is 3.53. The fraction of sp³-hybridized carbons (Fsp3) is 0.0714. The average molecular weight is 320 g/mol. The van der Waals surface area contributed by atoms with E-state index in [2.05, 4.69) is 15.5 Å². The lowest BCUT2D eigenvalue weighted by molar-refractivity contribution is 0.787. The molecule has 0 saturated carbocycles. The summed E-state index contributed by atoms with van der Waals surface area (Å²) in [6, 6.07) is 10.9. The summed E-state index contributed by atoms with van der Waals surface area (Å²) in [4.78, 5) is 0. The Labute approximate surface area is 131 Å². The van der Waals surface area contributed by atoms with Gasteiger partial charge >= 0.3 is 0 Å². The third kappa shape index (κ3) is 2.46. The number of nitrogens with zero attached hydrogens (tertiary/aromatic N) is 4. The van der Waals surface area contributed by atoms with E-state index in [0.29, 0.717) is 21.6 Å². The first kappa shape index (κ1) is 13.9. The Morgan fingerprint density at radius 2 is 1.90 bits per heavy atom. The number of benzene rings is 2. The maximum atomic E-state index is 6.27. The molecule has 0 aliphatic heterocycles. The first-order chi connectivity index (χ1) is 10.1. The second-order valence-corrected chi connectivity index (χ2v) is 5.37. The van der Waals surface area contributed by atoms with Crippen LogP contribution in [-0.2, 0) is 0 Å². The first-order valence-electron chi connectivity index (χ1n) is 6.17. The van der Waals surface area contributed by atoms with Crippen molar-refractivity contribution in [3.05, 3.63) is 52.0 Å². The van der Waals surface area contributed by atoms with Gasteiger partial charge in [-0.05, 0) is 47.2 Å². The van der Waals surface area contributed by atoms with Crippen LogP contribution in [0.15, 0.2) is 36.4 Å². The van der Waals surface area contributed by atoms with Crippen LogP contribution in [0.2, 0.25) is 10.0 Å². The van der Waals surface area contributed by atoms with E-state index < -0.39 is 0 Å². The molecule has 1 heterocycles. The Morgan fingerprint density at radius 3 is 2.62 bits per heavy atom. The Kier molecular flexibility index (Phi) is 3.53. The largest absolute Gasteiger partial charge is 0.398 e. The number of anilines is 1. The molecule has 3 aromatic rings. The van der Waals surface area contributed by atoms with Crippen molar-refractivity contribution < 1.29 is 0 Å². The number of para-hydroxylation sites is 1. The highest BCUT2D eigenvalue weighted by molar-refractivity contribution is 6.33. The summed E-state index contributed by atoms with van der Waals surface area (Å²) < 4.78 is 1.60. The molecule has 0 aliphatic rings. The third-order valence-electron chi connectivity index (χ3n) is 3.13. The number of halogens is 2. The van der Waals surface area contributed by atoms with E-state index in [-0.39, 0.29) is 0 Å². The number of nitrogens with two attached hydrogens (primary N) is 1. The zero-order valence-electron chi connectivity index (χ0n) is 11.1. The van der Waals surface area contributed by atoms with Gasteiger partial charge in [0, 0.05) is 5.56 Å². The molecule has 2 aromatic carbocycles. The van der Waals surface area contributed by atoms with Crippen molar-refractivity contribution in [3.63, 3.8) is 0 Å². The lowest BCUT2D eigenvalue weighted by Crippen LogP contribution is -2.03. The van der Waals surface area contributed by atoms with Gasteiger partial charge in [-0.1, -0.05) is 35.3 Å². The number of aromatic nitrogens is 4. The molecule has 0 bridgehead atoms. The number of rotatable bonds is 2. The number of hydrogen-bond acceptors (Lipinski definition) is 4. The standard InChI is InChI=1S/C14H11Cl2N5/c1-8-3-2-4-10(15)13(8)21-14(18-19-20-21)9-5-6-12(17)11(16)7-9/h2-7H,17H2,1H3. The Bertz CT molecular complexity index is 793. The van der Waals surface area contributed by atoms with Crippen LogP contribution in [0.4, 0.5) is 5.69 Å². The molecule has 106 valence electrons. The molecule has 5 nitrogen and oxygen atoms in total. The van der Waals surface area contributed by atoms with Gasteiger partial charge in [0.15, 0.2) is 5.82 Å². The average Bonchev–Trinajstić information content (AvgIpc) is 2.91. The minimum Gasteiger partial charge on any atom is -0.398 e. The monoisotopic (exact) mass is 319 g/mol. The highest BCUT2D eigenvalue weighted by Crippen LogP contribution is 2.29. The number of nitrogen functional groups attached to an aromatic ring is 1. The van der Waals surface area contributed by atoms with Gasteiger partial charge in [0.05, 0.1) is 21.4 Å². The van der Waals surface area contributed by atoms with E-state index in [9.17, 15) is 0 Å².